The minimum atomic E-state index is -3.87. The molecule has 2 atom stereocenters. The Labute approximate surface area is 184 Å². The highest BCUT2D eigenvalue weighted by Crippen LogP contribution is 2.31. The van der Waals surface area contributed by atoms with Crippen LogP contribution >= 0.6 is 0 Å². The minimum Gasteiger partial charge on any atom is -0.496 e. The molecule has 0 aromatic heterocycles. The molecule has 0 spiro atoms. The molecule has 2 aromatic rings. The highest BCUT2D eigenvalue weighted by Gasteiger charge is 2.46. The van der Waals surface area contributed by atoms with Gasteiger partial charge in [0.1, 0.15) is 11.5 Å². The van der Waals surface area contributed by atoms with Crippen LogP contribution in [-0.2, 0) is 26.1 Å². The van der Waals surface area contributed by atoms with Crippen molar-refractivity contribution in [3.63, 3.8) is 0 Å². The summed E-state index contributed by atoms with van der Waals surface area (Å²) in [6, 6.07) is 10.1. The molecule has 1 N–H and O–H groups in total. The molecule has 31 heavy (non-hydrogen) atoms. The Hall–Kier alpha value is -2.10. The van der Waals surface area contributed by atoms with E-state index in [1.807, 2.05) is 24.3 Å². The number of rotatable bonds is 8. The predicted octanol–water partition coefficient (Wildman–Crippen LogP) is 2.09. The third-order valence-electron chi connectivity index (χ3n) is 5.69. The van der Waals surface area contributed by atoms with Crippen LogP contribution in [0.15, 0.2) is 41.3 Å². The Morgan fingerprint density at radius 3 is 2.35 bits per heavy atom. The van der Waals surface area contributed by atoms with Crippen LogP contribution in [0.25, 0.3) is 0 Å². The van der Waals surface area contributed by atoms with E-state index in [1.54, 1.807) is 33.1 Å². The van der Waals surface area contributed by atoms with Crippen LogP contribution in [0.2, 0.25) is 0 Å². The van der Waals surface area contributed by atoms with Crippen LogP contribution < -0.4 is 14.8 Å². The number of sulfone groups is 2. The van der Waals surface area contributed by atoms with Crippen LogP contribution in [0.1, 0.15) is 16.7 Å². The molecule has 0 bridgehead atoms. The van der Waals surface area contributed by atoms with E-state index in [0.717, 1.165) is 11.3 Å². The van der Waals surface area contributed by atoms with E-state index < -0.39 is 31.0 Å². The summed E-state index contributed by atoms with van der Waals surface area (Å²) in [4.78, 5) is 0.157. The number of ether oxygens (including phenoxy) is 2. The second-order valence-corrected chi connectivity index (χ2v) is 12.2. The Balaban J connectivity index is 1.84. The normalized spacial score (nSPS) is 20.5. The molecule has 0 radical (unpaired) electrons. The van der Waals surface area contributed by atoms with E-state index in [4.69, 9.17) is 9.47 Å². The molecule has 7 nitrogen and oxygen atoms in total. The number of methoxy groups -OCH3 is 2. The van der Waals surface area contributed by atoms with Crippen LogP contribution in [0.5, 0.6) is 11.5 Å². The first-order valence-corrected chi connectivity index (χ1v) is 13.4. The van der Waals surface area contributed by atoms with Crippen LogP contribution in [0.4, 0.5) is 0 Å². The lowest BCUT2D eigenvalue weighted by Crippen LogP contribution is -2.44. The van der Waals surface area contributed by atoms with Crippen LogP contribution in [0.3, 0.4) is 0 Å². The molecule has 0 saturated carbocycles. The molecule has 0 aliphatic carbocycles. The lowest BCUT2D eigenvalue weighted by molar-refractivity contribution is 0.408. The third-order valence-corrected chi connectivity index (χ3v) is 9.98. The van der Waals surface area contributed by atoms with Crippen molar-refractivity contribution in [2.45, 2.75) is 36.5 Å². The molecular weight excluding hydrogens is 438 g/mol. The van der Waals surface area contributed by atoms with Gasteiger partial charge < -0.3 is 14.8 Å². The lowest BCUT2D eigenvalue weighted by atomic mass is 10.1. The zero-order valence-electron chi connectivity index (χ0n) is 18.2. The van der Waals surface area contributed by atoms with E-state index >= 15 is 0 Å². The highest BCUT2D eigenvalue weighted by atomic mass is 32.2. The standard InChI is InChI=1S/C22H29NO6S2/c1-15-12-21(16(2)11-20(15)29-4)31(26,27)22-14-30(24,25)13-18(22)23-10-9-17-7-5-6-8-19(17)28-3/h5-8,11-12,18,22-23H,9-10,13-14H2,1-4H3/t18-,22-/m0/s1. The molecule has 0 amide bonds. The van der Waals surface area contributed by atoms with Crippen molar-refractivity contribution in [2.24, 2.45) is 0 Å². The van der Waals surface area contributed by atoms with Crippen molar-refractivity contribution >= 4 is 19.7 Å². The van der Waals surface area contributed by atoms with Gasteiger partial charge in [0, 0.05) is 6.04 Å². The summed E-state index contributed by atoms with van der Waals surface area (Å²) >= 11 is 0. The first-order valence-electron chi connectivity index (χ1n) is 10.0. The number of aryl methyl sites for hydroxylation is 2. The predicted molar refractivity (Wildman–Crippen MR) is 121 cm³/mol. The molecular formula is C22H29NO6S2. The summed E-state index contributed by atoms with van der Waals surface area (Å²) in [6.07, 6.45) is 0.591. The Kier molecular flexibility index (Phi) is 6.98. The summed E-state index contributed by atoms with van der Waals surface area (Å²) in [5, 5.41) is 2.14. The van der Waals surface area contributed by atoms with E-state index in [0.29, 0.717) is 29.8 Å². The second kappa shape index (κ2) is 9.18. The monoisotopic (exact) mass is 467 g/mol. The molecule has 170 valence electrons. The maximum Gasteiger partial charge on any atom is 0.184 e. The topological polar surface area (TPSA) is 98.8 Å². The van der Waals surface area contributed by atoms with Gasteiger partial charge in [0.25, 0.3) is 0 Å². The third kappa shape index (κ3) is 5.05. The summed E-state index contributed by atoms with van der Waals surface area (Å²) < 4.78 is 62.3. The fourth-order valence-corrected chi connectivity index (χ4v) is 9.09. The largest absolute Gasteiger partial charge is 0.496 e. The summed E-state index contributed by atoms with van der Waals surface area (Å²) in [5.74, 6) is 0.766. The molecule has 9 heteroatoms. The number of hydrogen-bond acceptors (Lipinski definition) is 7. The van der Waals surface area contributed by atoms with Gasteiger partial charge in [0.05, 0.1) is 35.9 Å². The molecule has 2 aromatic carbocycles. The summed E-state index contributed by atoms with van der Waals surface area (Å²) in [7, 11) is -4.21. The minimum absolute atomic E-state index is 0.157. The van der Waals surface area contributed by atoms with Crippen molar-refractivity contribution in [3.8, 4) is 11.5 Å². The smallest absolute Gasteiger partial charge is 0.184 e. The summed E-state index contributed by atoms with van der Waals surface area (Å²) in [6.45, 7) is 3.90. The van der Waals surface area contributed by atoms with E-state index in [1.165, 1.54) is 7.11 Å². The number of hydrogen-bond donors (Lipinski definition) is 1. The zero-order chi connectivity index (χ0) is 22.8. The average Bonchev–Trinajstić information content (AvgIpc) is 3.04. The molecule has 1 aliphatic heterocycles. The van der Waals surface area contributed by atoms with Crippen molar-refractivity contribution in [3.05, 3.63) is 53.1 Å². The quantitative estimate of drug-likeness (QED) is 0.635. The molecule has 1 heterocycles. The van der Waals surface area contributed by atoms with E-state index in [9.17, 15) is 16.8 Å². The van der Waals surface area contributed by atoms with Gasteiger partial charge in [-0.2, -0.15) is 0 Å². The van der Waals surface area contributed by atoms with Crippen molar-refractivity contribution in [1.29, 1.82) is 0 Å². The fraction of sp³-hybridized carbons (Fsp3) is 0.455. The van der Waals surface area contributed by atoms with Crippen LogP contribution in [0, 0.1) is 13.8 Å². The molecule has 3 rings (SSSR count). The molecule has 1 saturated heterocycles. The maximum absolute atomic E-state index is 13.5. The number of nitrogens with one attached hydrogen (secondary N) is 1. The summed E-state index contributed by atoms with van der Waals surface area (Å²) in [5.41, 5.74) is 2.20. The average molecular weight is 468 g/mol. The SMILES string of the molecule is COc1cc(C)c(S(=O)(=O)[C@H]2CS(=O)(=O)C[C@@H]2NCCc2ccccc2OC)cc1C. The Morgan fingerprint density at radius 2 is 1.68 bits per heavy atom. The van der Waals surface area contributed by atoms with Gasteiger partial charge in [-0.05, 0) is 61.7 Å². The van der Waals surface area contributed by atoms with Gasteiger partial charge in [0.15, 0.2) is 19.7 Å². The maximum atomic E-state index is 13.5. The molecule has 0 unspecified atom stereocenters. The zero-order valence-corrected chi connectivity index (χ0v) is 19.8. The van der Waals surface area contributed by atoms with Gasteiger partial charge >= 0.3 is 0 Å². The first-order chi connectivity index (χ1) is 14.6. The number of para-hydroxylation sites is 1. The fourth-order valence-electron chi connectivity index (χ4n) is 4.07. The van der Waals surface area contributed by atoms with Gasteiger partial charge in [-0.3, -0.25) is 0 Å². The van der Waals surface area contributed by atoms with E-state index in [2.05, 4.69) is 5.32 Å². The first kappa shape index (κ1) is 23.6. The Bertz CT molecular complexity index is 1160. The van der Waals surface area contributed by atoms with Gasteiger partial charge in [-0.25, -0.2) is 16.8 Å². The molecule has 1 aliphatic rings. The van der Waals surface area contributed by atoms with Gasteiger partial charge in [-0.1, -0.05) is 18.2 Å². The molecule has 1 fully saturated rings. The van der Waals surface area contributed by atoms with Gasteiger partial charge in [-0.15, -0.1) is 0 Å². The Morgan fingerprint density at radius 1 is 1.00 bits per heavy atom. The van der Waals surface area contributed by atoms with E-state index in [-0.39, 0.29) is 16.4 Å². The highest BCUT2D eigenvalue weighted by molar-refractivity contribution is 7.96. The van der Waals surface area contributed by atoms with Crippen LogP contribution in [-0.4, -0.2) is 60.4 Å². The lowest BCUT2D eigenvalue weighted by Gasteiger charge is -2.22. The van der Waals surface area contributed by atoms with Gasteiger partial charge in [0.2, 0.25) is 0 Å². The van der Waals surface area contributed by atoms with Crippen molar-refractivity contribution < 1.29 is 26.3 Å². The second-order valence-electron chi connectivity index (χ2n) is 7.87. The van der Waals surface area contributed by atoms with Crippen molar-refractivity contribution in [2.75, 3.05) is 32.3 Å². The van der Waals surface area contributed by atoms with Crippen molar-refractivity contribution in [1.82, 2.24) is 5.32 Å². The number of benzene rings is 2.